The third kappa shape index (κ3) is 4.79. The number of hydrogen-bond acceptors (Lipinski definition) is 8. The van der Waals surface area contributed by atoms with Crippen molar-refractivity contribution in [2.45, 2.75) is 58.3 Å². The Kier molecular flexibility index (Phi) is 6.00. The van der Waals surface area contributed by atoms with E-state index in [9.17, 15) is 14.7 Å². The van der Waals surface area contributed by atoms with E-state index < -0.39 is 17.4 Å². The molecular weight excluding hydrogens is 432 g/mol. The molecule has 0 spiro atoms. The molecule has 0 amide bonds. The number of carboxylic acids is 1. The van der Waals surface area contributed by atoms with Crippen LogP contribution in [-0.2, 0) is 14.4 Å². The maximum Gasteiger partial charge on any atom is 0.336 e. The van der Waals surface area contributed by atoms with E-state index in [0.29, 0.717) is 42.1 Å². The van der Waals surface area contributed by atoms with Crippen molar-refractivity contribution in [2.24, 2.45) is 11.8 Å². The Labute approximate surface area is 190 Å². The van der Waals surface area contributed by atoms with Crippen molar-refractivity contribution in [1.82, 2.24) is 10.5 Å². The third-order valence-electron chi connectivity index (χ3n) is 5.53. The van der Waals surface area contributed by atoms with Crippen molar-refractivity contribution in [3.8, 4) is 16.3 Å². The van der Waals surface area contributed by atoms with E-state index >= 15 is 0 Å². The minimum Gasteiger partial charge on any atom is -0.478 e. The highest BCUT2D eigenvalue weighted by Gasteiger charge is 2.50. The average molecular weight is 461 g/mol. The first-order chi connectivity index (χ1) is 15.1. The number of hydroxylamine groups is 1. The molecule has 1 aromatic heterocycles. The van der Waals surface area contributed by atoms with Gasteiger partial charge in [0, 0.05) is 30.5 Å². The predicted octanol–water partition coefficient (Wildman–Crippen LogP) is 4.18. The van der Waals surface area contributed by atoms with Crippen LogP contribution in [0.5, 0.6) is 5.75 Å². The third-order valence-corrected chi connectivity index (χ3v) is 6.46. The Morgan fingerprint density at radius 2 is 2.09 bits per heavy atom. The molecule has 2 aromatic rings. The molecule has 1 aromatic carbocycles. The van der Waals surface area contributed by atoms with E-state index in [-0.39, 0.29) is 23.4 Å². The van der Waals surface area contributed by atoms with Crippen molar-refractivity contribution >= 4 is 23.3 Å². The number of rotatable bonds is 5. The Morgan fingerprint density at radius 1 is 1.31 bits per heavy atom. The van der Waals surface area contributed by atoms with Crippen LogP contribution in [0.25, 0.3) is 10.6 Å². The summed E-state index contributed by atoms with van der Waals surface area (Å²) >= 11 is 1.40. The summed E-state index contributed by atoms with van der Waals surface area (Å²) in [6, 6.07) is 4.89. The molecule has 2 heterocycles. The summed E-state index contributed by atoms with van der Waals surface area (Å²) in [6.07, 6.45) is 3.28. The smallest absolute Gasteiger partial charge is 0.336 e. The van der Waals surface area contributed by atoms with Crippen LogP contribution in [0.2, 0.25) is 0 Å². The van der Waals surface area contributed by atoms with Crippen LogP contribution in [0.3, 0.4) is 0 Å². The molecule has 1 aliphatic heterocycles. The second kappa shape index (κ2) is 8.46. The molecule has 1 saturated heterocycles. The quantitative estimate of drug-likeness (QED) is 0.640. The molecule has 3 atom stereocenters. The number of carbonyl (C=O) groups is 2. The Morgan fingerprint density at radius 3 is 2.75 bits per heavy atom. The van der Waals surface area contributed by atoms with E-state index in [0.717, 1.165) is 4.88 Å². The highest BCUT2D eigenvalue weighted by Crippen LogP contribution is 2.45. The lowest BCUT2D eigenvalue weighted by Crippen LogP contribution is -2.57. The molecule has 1 saturated carbocycles. The first kappa shape index (κ1) is 22.7. The highest BCUT2D eigenvalue weighted by atomic mass is 32.1. The summed E-state index contributed by atoms with van der Waals surface area (Å²) in [5.74, 6) is -2.28. The van der Waals surface area contributed by atoms with Crippen LogP contribution >= 0.6 is 11.3 Å². The van der Waals surface area contributed by atoms with Crippen LogP contribution in [0, 0.1) is 18.8 Å². The van der Waals surface area contributed by atoms with Gasteiger partial charge in [0.2, 0.25) is 5.79 Å². The lowest BCUT2D eigenvalue weighted by atomic mass is 9.76. The fourth-order valence-electron chi connectivity index (χ4n) is 4.35. The van der Waals surface area contributed by atoms with Crippen molar-refractivity contribution in [3.05, 3.63) is 34.8 Å². The first-order valence-corrected chi connectivity index (χ1v) is 11.5. The Hall–Kier alpha value is -2.49. The van der Waals surface area contributed by atoms with Gasteiger partial charge in [0.1, 0.15) is 16.4 Å². The lowest BCUT2D eigenvalue weighted by molar-refractivity contribution is -0.278. The van der Waals surface area contributed by atoms with Gasteiger partial charge in [0.25, 0.3) is 0 Å². The molecule has 2 aliphatic rings. The fourth-order valence-corrected chi connectivity index (χ4v) is 5.18. The molecular formula is C23H28N2O6S. The van der Waals surface area contributed by atoms with Gasteiger partial charge in [-0.3, -0.25) is 9.63 Å². The van der Waals surface area contributed by atoms with Gasteiger partial charge in [0.05, 0.1) is 17.0 Å². The number of nitrogens with one attached hydrogen (secondary N) is 1. The average Bonchev–Trinajstić information content (AvgIpc) is 3.11. The highest BCUT2D eigenvalue weighted by molar-refractivity contribution is 7.15. The molecule has 172 valence electrons. The summed E-state index contributed by atoms with van der Waals surface area (Å²) in [4.78, 5) is 36.0. The standard InChI is InChI=1S/C23H28N2O6S/c1-13-11-24-19(32-13)18-16(20(26)27)6-5-7-17(18)29-23-9-14(12-25-31-23)8-15(10-23)21(28)30-22(2,3)4/h5-7,11,14-15,25H,8-10,12H2,1-4H3,(H,26,27). The molecule has 2 N–H and O–H groups in total. The number of aromatic carboxylic acids is 1. The first-order valence-electron chi connectivity index (χ1n) is 10.7. The molecule has 3 unspecified atom stereocenters. The van der Waals surface area contributed by atoms with Crippen molar-refractivity contribution in [3.63, 3.8) is 0 Å². The molecule has 2 fully saturated rings. The lowest BCUT2D eigenvalue weighted by Gasteiger charge is -2.46. The zero-order chi connectivity index (χ0) is 23.1. The normalized spacial score (nSPS) is 25.2. The molecule has 0 radical (unpaired) electrons. The summed E-state index contributed by atoms with van der Waals surface area (Å²) in [5, 5.41) is 10.3. The van der Waals surface area contributed by atoms with Gasteiger partial charge in [0.15, 0.2) is 0 Å². The van der Waals surface area contributed by atoms with Crippen molar-refractivity contribution < 1.29 is 29.0 Å². The number of carbonyl (C=O) groups excluding carboxylic acids is 1. The van der Waals surface area contributed by atoms with Gasteiger partial charge in [-0.1, -0.05) is 6.07 Å². The number of nitrogens with zero attached hydrogens (tertiary/aromatic N) is 1. The van der Waals surface area contributed by atoms with Crippen LogP contribution in [0.1, 0.15) is 55.3 Å². The Balaban J connectivity index is 1.69. The van der Waals surface area contributed by atoms with Crippen LogP contribution in [0.4, 0.5) is 0 Å². The van der Waals surface area contributed by atoms with Gasteiger partial charge in [-0.15, -0.1) is 11.3 Å². The number of thiazole rings is 1. The number of esters is 1. The van der Waals surface area contributed by atoms with E-state index in [1.165, 1.54) is 17.4 Å². The topological polar surface area (TPSA) is 107 Å². The SMILES string of the molecule is Cc1cnc(-c2c(OC34CC(CNO3)CC(C(=O)OC(C)(C)C)C4)cccc2C(=O)O)s1. The zero-order valence-corrected chi connectivity index (χ0v) is 19.5. The summed E-state index contributed by atoms with van der Waals surface area (Å²) in [6.45, 7) is 8.06. The van der Waals surface area contributed by atoms with E-state index in [1.807, 2.05) is 27.7 Å². The van der Waals surface area contributed by atoms with Crippen molar-refractivity contribution in [2.75, 3.05) is 6.54 Å². The fraction of sp³-hybridized carbons (Fsp3) is 0.522. The number of aromatic nitrogens is 1. The number of benzene rings is 1. The minimum absolute atomic E-state index is 0.105. The molecule has 9 heteroatoms. The zero-order valence-electron chi connectivity index (χ0n) is 18.6. The number of fused-ring (bicyclic) bond motifs is 2. The maximum atomic E-state index is 12.8. The monoisotopic (exact) mass is 460 g/mol. The second-order valence-electron chi connectivity index (χ2n) is 9.46. The van der Waals surface area contributed by atoms with Crippen LogP contribution in [-0.4, -0.2) is 40.0 Å². The molecule has 32 heavy (non-hydrogen) atoms. The minimum atomic E-state index is -1.11. The maximum absolute atomic E-state index is 12.8. The van der Waals surface area contributed by atoms with E-state index in [1.54, 1.807) is 18.3 Å². The van der Waals surface area contributed by atoms with Gasteiger partial charge in [-0.05, 0) is 52.2 Å². The molecule has 8 nitrogen and oxygen atoms in total. The number of carboxylic acid groups (broad SMARTS) is 1. The largest absolute Gasteiger partial charge is 0.478 e. The van der Waals surface area contributed by atoms with Crippen molar-refractivity contribution in [1.29, 1.82) is 0 Å². The van der Waals surface area contributed by atoms with E-state index in [4.69, 9.17) is 14.3 Å². The van der Waals surface area contributed by atoms with Gasteiger partial charge in [-0.2, -0.15) is 5.48 Å². The van der Waals surface area contributed by atoms with Gasteiger partial charge < -0.3 is 14.6 Å². The molecule has 1 aliphatic carbocycles. The number of ether oxygens (including phenoxy) is 2. The summed E-state index contributed by atoms with van der Waals surface area (Å²) in [5.41, 5.74) is 2.89. The van der Waals surface area contributed by atoms with Gasteiger partial charge in [-0.25, -0.2) is 9.78 Å². The van der Waals surface area contributed by atoms with Crippen LogP contribution in [0.15, 0.2) is 24.4 Å². The van der Waals surface area contributed by atoms with E-state index in [2.05, 4.69) is 10.5 Å². The summed E-state index contributed by atoms with van der Waals surface area (Å²) in [7, 11) is 0. The Bertz CT molecular complexity index is 1030. The molecule has 2 bridgehead atoms. The predicted molar refractivity (Wildman–Crippen MR) is 118 cm³/mol. The van der Waals surface area contributed by atoms with Crippen LogP contribution < -0.4 is 10.2 Å². The number of aryl methyl sites for hydroxylation is 1. The second-order valence-corrected chi connectivity index (χ2v) is 10.7. The molecule has 4 rings (SSSR count). The summed E-state index contributed by atoms with van der Waals surface area (Å²) < 4.78 is 12.0. The van der Waals surface area contributed by atoms with Gasteiger partial charge >= 0.3 is 11.9 Å². The number of hydrogen-bond donors (Lipinski definition) is 2.